The second-order valence-corrected chi connectivity index (χ2v) is 0.921. The van der Waals surface area contributed by atoms with Gasteiger partial charge in [-0.15, -0.1) is 22.0 Å². The number of hydrogen-bond acceptors (Lipinski definition) is 1. The molecule has 0 radical (unpaired) electrons. The summed E-state index contributed by atoms with van der Waals surface area (Å²) < 4.78 is 11.3. The van der Waals surface area contributed by atoms with Crippen LogP contribution in [0, 0.1) is 0 Å². The zero-order valence-electron chi connectivity index (χ0n) is 3.94. The fraction of sp³-hybridized carbons (Fsp3) is 1.00. The first kappa shape index (κ1) is 9.49. The van der Waals surface area contributed by atoms with Crippen molar-refractivity contribution in [2.24, 2.45) is 0 Å². The molecule has 0 spiro atoms. The molecule has 0 atom stereocenters. The normalized spacial score (nSPS) is 8.00. The van der Waals surface area contributed by atoms with Crippen LogP contribution < -0.4 is 0 Å². The Balaban J connectivity index is 0. The molecule has 0 aromatic rings. The largest absolute Gasteiger partial charge is 0.150 e. The van der Waals surface area contributed by atoms with Gasteiger partial charge < -0.3 is 0 Å². The highest BCUT2D eigenvalue weighted by atomic mass is 35.5. The molecule has 0 rings (SSSR count). The van der Waals surface area contributed by atoms with Crippen molar-refractivity contribution in [2.45, 2.75) is 6.92 Å². The lowest BCUT2D eigenvalue weighted by atomic mass is 10.8. The van der Waals surface area contributed by atoms with Crippen LogP contribution in [0.15, 0.2) is 0 Å². The van der Waals surface area contributed by atoms with Gasteiger partial charge in [0, 0.05) is 13.6 Å². The Morgan fingerprint density at radius 3 is 1.83 bits per heavy atom. The van der Waals surface area contributed by atoms with Gasteiger partial charge in [-0.1, -0.05) is 0 Å². The summed E-state index contributed by atoms with van der Waals surface area (Å²) in [6, 6.07) is 0. The summed E-state index contributed by atoms with van der Waals surface area (Å²) in [6.45, 7) is 2.22. The minimum absolute atomic E-state index is 0. The van der Waals surface area contributed by atoms with Gasteiger partial charge in [-0.25, -0.2) is 0 Å². The highest BCUT2D eigenvalue weighted by Crippen LogP contribution is 1.73. The molecule has 0 aliphatic heterocycles. The molecule has 0 unspecified atom stereocenters. The number of nitrogens with zero attached hydrogens (tertiary/aromatic N) is 1. The van der Waals surface area contributed by atoms with Crippen LogP contribution in [0.25, 0.3) is 0 Å². The minimum atomic E-state index is 0. The Morgan fingerprint density at radius 1 is 1.67 bits per heavy atom. The minimum Gasteiger partial charge on any atom is -0.150 e. The van der Waals surface area contributed by atoms with Crippen molar-refractivity contribution in [3.63, 3.8) is 0 Å². The standard InChI is InChI=1S/C3H8FN.ClH/c1-3-5(2)4;/h3H2,1-2H3;1H. The molecule has 0 amide bonds. The third-order valence-electron chi connectivity index (χ3n) is 0.436. The predicted molar refractivity (Wildman–Crippen MR) is 26.7 cm³/mol. The summed E-state index contributed by atoms with van der Waals surface area (Å²) in [5.74, 6) is 0. The Hall–Kier alpha value is 0.180. The Labute approximate surface area is 43.5 Å². The first-order valence-electron chi connectivity index (χ1n) is 1.64. The van der Waals surface area contributed by atoms with Crippen LogP contribution in [0.1, 0.15) is 6.92 Å². The average Bonchev–Trinajstić information content (AvgIpc) is 1.38. The molecule has 0 fully saturated rings. The Bertz CT molecular complexity index is 24.8. The van der Waals surface area contributed by atoms with Crippen LogP contribution in [-0.4, -0.2) is 18.7 Å². The zero-order valence-corrected chi connectivity index (χ0v) is 4.76. The van der Waals surface area contributed by atoms with E-state index in [9.17, 15) is 4.48 Å². The lowest BCUT2D eigenvalue weighted by Gasteiger charge is -1.93. The second-order valence-electron chi connectivity index (χ2n) is 0.921. The van der Waals surface area contributed by atoms with E-state index in [-0.39, 0.29) is 12.4 Å². The lowest BCUT2D eigenvalue weighted by Crippen LogP contribution is -2.02. The van der Waals surface area contributed by atoms with E-state index in [4.69, 9.17) is 0 Å². The van der Waals surface area contributed by atoms with E-state index < -0.39 is 0 Å². The summed E-state index contributed by atoms with van der Waals surface area (Å²) in [5.41, 5.74) is 0. The summed E-state index contributed by atoms with van der Waals surface area (Å²) >= 11 is 0. The Kier molecular flexibility index (Phi) is 8.19. The highest BCUT2D eigenvalue weighted by molar-refractivity contribution is 5.85. The molecule has 0 bridgehead atoms. The van der Waals surface area contributed by atoms with Gasteiger partial charge in [0.2, 0.25) is 0 Å². The van der Waals surface area contributed by atoms with E-state index in [1.165, 1.54) is 7.05 Å². The van der Waals surface area contributed by atoms with E-state index >= 15 is 0 Å². The highest BCUT2D eigenvalue weighted by Gasteiger charge is 1.78. The third kappa shape index (κ3) is 8.89. The molecule has 0 saturated carbocycles. The third-order valence-corrected chi connectivity index (χ3v) is 0.436. The smallest absolute Gasteiger partial charge is 0.0258 e. The molecule has 0 N–H and O–H groups in total. The quantitative estimate of drug-likeness (QED) is 0.463. The van der Waals surface area contributed by atoms with Crippen LogP contribution in [0.4, 0.5) is 4.48 Å². The average molecular weight is 114 g/mol. The lowest BCUT2D eigenvalue weighted by molar-refractivity contribution is 0.0676. The maximum atomic E-state index is 11.3. The molecule has 1 nitrogen and oxygen atoms in total. The molecule has 3 heteroatoms. The topological polar surface area (TPSA) is 3.24 Å². The first-order chi connectivity index (χ1) is 2.27. The van der Waals surface area contributed by atoms with Crippen LogP contribution in [-0.2, 0) is 0 Å². The van der Waals surface area contributed by atoms with Gasteiger partial charge in [-0.2, -0.15) is 0 Å². The summed E-state index contributed by atoms with van der Waals surface area (Å²) in [5, 5.41) is 0.625. The van der Waals surface area contributed by atoms with Crippen molar-refractivity contribution in [3.05, 3.63) is 0 Å². The molecule has 0 aliphatic rings. The van der Waals surface area contributed by atoms with Crippen molar-refractivity contribution in [3.8, 4) is 0 Å². The van der Waals surface area contributed by atoms with Gasteiger partial charge in [-0.05, 0) is 6.92 Å². The summed E-state index contributed by atoms with van der Waals surface area (Å²) in [6.07, 6.45) is 0. The molecule has 0 aliphatic carbocycles. The maximum absolute atomic E-state index is 11.3. The van der Waals surface area contributed by atoms with Crippen molar-refractivity contribution < 1.29 is 4.48 Å². The van der Waals surface area contributed by atoms with Crippen molar-refractivity contribution >= 4 is 12.4 Å². The van der Waals surface area contributed by atoms with Crippen molar-refractivity contribution in [2.75, 3.05) is 13.6 Å². The number of halogens is 2. The van der Waals surface area contributed by atoms with Gasteiger partial charge >= 0.3 is 0 Å². The van der Waals surface area contributed by atoms with E-state index in [1.54, 1.807) is 6.92 Å². The molecule has 40 valence electrons. The molecule has 0 aromatic carbocycles. The first-order valence-corrected chi connectivity index (χ1v) is 1.64. The molecule has 0 heterocycles. The Morgan fingerprint density at radius 2 is 1.83 bits per heavy atom. The van der Waals surface area contributed by atoms with E-state index in [0.29, 0.717) is 11.7 Å². The van der Waals surface area contributed by atoms with Gasteiger partial charge in [0.25, 0.3) is 0 Å². The van der Waals surface area contributed by atoms with E-state index in [1.807, 2.05) is 0 Å². The van der Waals surface area contributed by atoms with Crippen LogP contribution in [0.2, 0.25) is 0 Å². The number of rotatable bonds is 1. The van der Waals surface area contributed by atoms with Gasteiger partial charge in [-0.3, -0.25) is 0 Å². The maximum Gasteiger partial charge on any atom is 0.0258 e. The van der Waals surface area contributed by atoms with Crippen molar-refractivity contribution in [1.29, 1.82) is 0 Å². The van der Waals surface area contributed by atoms with Crippen LogP contribution in [0.3, 0.4) is 0 Å². The fourth-order valence-electron chi connectivity index (χ4n) is 0. The van der Waals surface area contributed by atoms with Crippen LogP contribution >= 0.6 is 12.4 Å². The molecule has 0 saturated heterocycles. The second kappa shape index (κ2) is 5.18. The molecule has 6 heavy (non-hydrogen) atoms. The summed E-state index contributed by atoms with van der Waals surface area (Å²) in [7, 11) is 1.39. The van der Waals surface area contributed by atoms with Gasteiger partial charge in [0.1, 0.15) is 0 Å². The predicted octanol–water partition coefficient (Wildman–Crippen LogP) is 1.24. The molecule has 0 aromatic heterocycles. The van der Waals surface area contributed by atoms with Crippen molar-refractivity contribution in [1.82, 2.24) is 5.12 Å². The zero-order chi connectivity index (χ0) is 4.28. The van der Waals surface area contributed by atoms with E-state index in [2.05, 4.69) is 0 Å². The summed E-state index contributed by atoms with van der Waals surface area (Å²) in [4.78, 5) is 0. The number of hydrogen-bond donors (Lipinski definition) is 0. The SMILES string of the molecule is CCN(C)F.Cl. The monoisotopic (exact) mass is 113 g/mol. The van der Waals surface area contributed by atoms with Crippen LogP contribution in [0.5, 0.6) is 0 Å². The van der Waals surface area contributed by atoms with Gasteiger partial charge in [0.15, 0.2) is 0 Å². The molecular weight excluding hydrogens is 104 g/mol. The molecular formula is C3H9ClFN. The fourth-order valence-corrected chi connectivity index (χ4v) is 0. The van der Waals surface area contributed by atoms with Gasteiger partial charge in [0.05, 0.1) is 0 Å². The van der Waals surface area contributed by atoms with E-state index in [0.717, 1.165) is 0 Å².